The number of aromatic nitrogens is 3. The molecule has 3 rings (SSSR count). The van der Waals surface area contributed by atoms with Gasteiger partial charge in [-0.05, 0) is 26.8 Å². The second kappa shape index (κ2) is 9.83. The maximum absolute atomic E-state index is 12.7. The SMILES string of the molecule is CCOCC(=O)NC[C@@H]1CC[C@H](CC(=O)N2CCN(c3ncn[nH]3)CC2)N1C. The lowest BCUT2D eigenvalue weighted by atomic mass is 10.1. The first-order chi connectivity index (χ1) is 13.6. The second-order valence-corrected chi connectivity index (χ2v) is 7.37. The van der Waals surface area contributed by atoms with Gasteiger partial charge in [-0.15, -0.1) is 0 Å². The number of nitrogens with zero attached hydrogens (tertiary/aromatic N) is 5. The fourth-order valence-corrected chi connectivity index (χ4v) is 3.91. The smallest absolute Gasteiger partial charge is 0.246 e. The predicted molar refractivity (Wildman–Crippen MR) is 104 cm³/mol. The number of carbonyl (C=O) groups is 2. The highest BCUT2D eigenvalue weighted by molar-refractivity contribution is 5.77. The molecule has 1 aromatic rings. The second-order valence-electron chi connectivity index (χ2n) is 7.37. The van der Waals surface area contributed by atoms with Gasteiger partial charge in [0.05, 0.1) is 0 Å². The summed E-state index contributed by atoms with van der Waals surface area (Å²) in [6.07, 6.45) is 4.00. The fraction of sp³-hybridized carbons (Fsp3) is 0.778. The van der Waals surface area contributed by atoms with Gasteiger partial charge in [-0.3, -0.25) is 14.5 Å². The Morgan fingerprint density at radius 3 is 2.68 bits per heavy atom. The highest BCUT2D eigenvalue weighted by Crippen LogP contribution is 2.25. The van der Waals surface area contributed by atoms with Crippen molar-refractivity contribution in [1.29, 1.82) is 0 Å². The number of rotatable bonds is 8. The molecule has 156 valence electrons. The first kappa shape index (κ1) is 20.5. The summed E-state index contributed by atoms with van der Waals surface area (Å²) in [6.45, 7) is 6.03. The Labute approximate surface area is 165 Å². The van der Waals surface area contributed by atoms with E-state index in [1.807, 2.05) is 18.9 Å². The van der Waals surface area contributed by atoms with E-state index < -0.39 is 0 Å². The quantitative estimate of drug-likeness (QED) is 0.611. The summed E-state index contributed by atoms with van der Waals surface area (Å²) in [7, 11) is 2.05. The first-order valence-electron chi connectivity index (χ1n) is 10.0. The van der Waals surface area contributed by atoms with Gasteiger partial charge in [0.25, 0.3) is 0 Å². The summed E-state index contributed by atoms with van der Waals surface area (Å²) in [5.74, 6) is 0.881. The minimum absolute atomic E-state index is 0.0839. The van der Waals surface area contributed by atoms with E-state index in [1.165, 1.54) is 6.33 Å². The molecule has 2 N–H and O–H groups in total. The van der Waals surface area contributed by atoms with Gasteiger partial charge in [-0.2, -0.15) is 10.1 Å². The number of likely N-dealkylation sites (tertiary alicyclic amines) is 1. The number of amides is 2. The Morgan fingerprint density at radius 1 is 1.25 bits per heavy atom. The normalized spacial score (nSPS) is 23.2. The Morgan fingerprint density at radius 2 is 2.00 bits per heavy atom. The maximum Gasteiger partial charge on any atom is 0.246 e. The van der Waals surface area contributed by atoms with Crippen LogP contribution in [0.2, 0.25) is 0 Å². The third kappa shape index (κ3) is 5.20. The number of piperazine rings is 1. The molecular formula is C18H31N7O3. The zero-order valence-electron chi connectivity index (χ0n) is 16.8. The zero-order chi connectivity index (χ0) is 19.9. The van der Waals surface area contributed by atoms with E-state index in [2.05, 4.69) is 30.3 Å². The molecule has 2 atom stereocenters. The number of likely N-dealkylation sites (N-methyl/N-ethyl adjacent to an activating group) is 1. The van der Waals surface area contributed by atoms with Gasteiger partial charge in [0.2, 0.25) is 17.8 Å². The molecule has 3 heterocycles. The molecule has 2 amide bonds. The Bertz CT molecular complexity index is 631. The van der Waals surface area contributed by atoms with Crippen molar-refractivity contribution in [2.45, 2.75) is 38.3 Å². The Hall–Kier alpha value is -2.20. The average molecular weight is 393 g/mol. The van der Waals surface area contributed by atoms with E-state index in [-0.39, 0.29) is 30.5 Å². The van der Waals surface area contributed by atoms with Crippen LogP contribution in [0.3, 0.4) is 0 Å². The van der Waals surface area contributed by atoms with Crippen molar-refractivity contribution in [3.8, 4) is 0 Å². The standard InChI is InChI=1S/C18H31N7O3/c1-3-28-12-16(26)19-11-15-5-4-14(23(15)2)10-17(27)24-6-8-25(9-7-24)18-20-13-21-22-18/h13-15H,3-12H2,1-2H3,(H,19,26)(H,20,21,22)/t14-,15+/m1/s1. The minimum Gasteiger partial charge on any atom is -0.372 e. The number of H-pyrrole nitrogens is 1. The van der Waals surface area contributed by atoms with Crippen LogP contribution in [0.1, 0.15) is 26.2 Å². The molecule has 1 aromatic heterocycles. The van der Waals surface area contributed by atoms with Gasteiger partial charge in [-0.25, -0.2) is 5.10 Å². The van der Waals surface area contributed by atoms with Crippen LogP contribution in [0.4, 0.5) is 5.95 Å². The topological polar surface area (TPSA) is 107 Å². The van der Waals surface area contributed by atoms with E-state index in [1.54, 1.807) is 0 Å². The van der Waals surface area contributed by atoms with E-state index in [0.29, 0.717) is 32.7 Å². The number of ether oxygens (including phenoxy) is 1. The van der Waals surface area contributed by atoms with Crippen LogP contribution >= 0.6 is 0 Å². The van der Waals surface area contributed by atoms with Crippen LogP contribution in [0.15, 0.2) is 6.33 Å². The van der Waals surface area contributed by atoms with Crippen molar-refractivity contribution < 1.29 is 14.3 Å². The van der Waals surface area contributed by atoms with Crippen LogP contribution in [0.25, 0.3) is 0 Å². The number of hydrogen-bond donors (Lipinski definition) is 2. The van der Waals surface area contributed by atoms with E-state index in [0.717, 1.165) is 31.9 Å². The fourth-order valence-electron chi connectivity index (χ4n) is 3.91. The lowest BCUT2D eigenvalue weighted by molar-refractivity contribution is -0.132. The van der Waals surface area contributed by atoms with Crippen molar-refractivity contribution in [1.82, 2.24) is 30.3 Å². The molecule has 0 spiro atoms. The van der Waals surface area contributed by atoms with E-state index >= 15 is 0 Å². The first-order valence-corrected chi connectivity index (χ1v) is 10.0. The number of hydrogen-bond acceptors (Lipinski definition) is 7. The van der Waals surface area contributed by atoms with Gasteiger partial charge >= 0.3 is 0 Å². The van der Waals surface area contributed by atoms with Crippen molar-refractivity contribution in [2.24, 2.45) is 0 Å². The van der Waals surface area contributed by atoms with Crippen molar-refractivity contribution in [3.05, 3.63) is 6.33 Å². The molecule has 2 saturated heterocycles. The van der Waals surface area contributed by atoms with Gasteiger partial charge in [0.1, 0.15) is 12.9 Å². The van der Waals surface area contributed by atoms with E-state index in [9.17, 15) is 9.59 Å². The molecule has 0 unspecified atom stereocenters. The summed E-state index contributed by atoms with van der Waals surface area (Å²) in [5.41, 5.74) is 0. The summed E-state index contributed by atoms with van der Waals surface area (Å²) < 4.78 is 5.12. The van der Waals surface area contributed by atoms with Gasteiger partial charge in [-0.1, -0.05) is 0 Å². The summed E-state index contributed by atoms with van der Waals surface area (Å²) in [6, 6.07) is 0.500. The number of anilines is 1. The molecule has 0 bridgehead atoms. The number of aromatic amines is 1. The molecule has 0 aliphatic carbocycles. The van der Waals surface area contributed by atoms with E-state index in [4.69, 9.17) is 4.74 Å². The summed E-state index contributed by atoms with van der Waals surface area (Å²) >= 11 is 0. The lowest BCUT2D eigenvalue weighted by Gasteiger charge is -2.35. The molecule has 0 aromatic carbocycles. The Balaban J connectivity index is 1.39. The Kier molecular flexibility index (Phi) is 7.21. The number of nitrogens with one attached hydrogen (secondary N) is 2. The summed E-state index contributed by atoms with van der Waals surface area (Å²) in [5, 5.41) is 9.67. The van der Waals surface area contributed by atoms with Crippen molar-refractivity contribution in [2.75, 3.05) is 57.9 Å². The van der Waals surface area contributed by atoms with Crippen LogP contribution in [-0.2, 0) is 14.3 Å². The third-order valence-electron chi connectivity index (χ3n) is 5.70. The molecule has 10 heteroatoms. The minimum atomic E-state index is -0.0839. The van der Waals surface area contributed by atoms with Gasteiger partial charge in [0, 0.05) is 57.8 Å². The molecule has 28 heavy (non-hydrogen) atoms. The maximum atomic E-state index is 12.7. The summed E-state index contributed by atoms with van der Waals surface area (Å²) in [4.78, 5) is 34.9. The highest BCUT2D eigenvalue weighted by Gasteiger charge is 2.33. The van der Waals surface area contributed by atoms with Gasteiger partial charge in [0.15, 0.2) is 0 Å². The molecule has 2 fully saturated rings. The van der Waals surface area contributed by atoms with Crippen LogP contribution in [-0.4, -0.2) is 102 Å². The van der Waals surface area contributed by atoms with Crippen LogP contribution < -0.4 is 10.2 Å². The van der Waals surface area contributed by atoms with Crippen LogP contribution in [0.5, 0.6) is 0 Å². The average Bonchev–Trinajstić information content (AvgIpc) is 3.36. The monoisotopic (exact) mass is 393 g/mol. The molecular weight excluding hydrogens is 362 g/mol. The molecule has 0 saturated carbocycles. The van der Waals surface area contributed by atoms with Crippen molar-refractivity contribution in [3.63, 3.8) is 0 Å². The molecule has 2 aliphatic heterocycles. The predicted octanol–water partition coefficient (Wildman–Crippen LogP) is -0.541. The van der Waals surface area contributed by atoms with Crippen molar-refractivity contribution >= 4 is 17.8 Å². The molecule has 0 radical (unpaired) electrons. The molecule has 2 aliphatic rings. The highest BCUT2D eigenvalue weighted by atomic mass is 16.5. The third-order valence-corrected chi connectivity index (χ3v) is 5.70. The number of carbonyl (C=O) groups excluding carboxylic acids is 2. The van der Waals surface area contributed by atoms with Crippen LogP contribution in [0, 0.1) is 0 Å². The largest absolute Gasteiger partial charge is 0.372 e. The zero-order valence-corrected chi connectivity index (χ0v) is 16.8. The molecule has 10 nitrogen and oxygen atoms in total. The lowest BCUT2D eigenvalue weighted by Crippen LogP contribution is -2.50. The van der Waals surface area contributed by atoms with Gasteiger partial charge < -0.3 is 19.9 Å².